The molecular formula is C25H29N3O2. The molecule has 0 radical (unpaired) electrons. The van der Waals surface area contributed by atoms with E-state index in [4.69, 9.17) is 4.74 Å². The quantitative estimate of drug-likeness (QED) is 0.781. The Morgan fingerprint density at radius 2 is 1.80 bits per heavy atom. The second-order valence-electron chi connectivity index (χ2n) is 8.44. The van der Waals surface area contributed by atoms with E-state index in [1.807, 2.05) is 17.0 Å². The van der Waals surface area contributed by atoms with E-state index in [1.54, 1.807) is 0 Å². The molecule has 0 aromatic heterocycles. The number of rotatable bonds is 4. The minimum Gasteiger partial charge on any atom is -0.381 e. The minimum atomic E-state index is 0.143. The van der Waals surface area contributed by atoms with E-state index in [0.717, 1.165) is 63.7 Å². The van der Waals surface area contributed by atoms with Gasteiger partial charge in [0, 0.05) is 62.8 Å². The first-order chi connectivity index (χ1) is 14.8. The van der Waals surface area contributed by atoms with Gasteiger partial charge in [-0.05, 0) is 48.2 Å². The average Bonchev–Trinajstić information content (AvgIpc) is 3.32. The zero-order valence-corrected chi connectivity index (χ0v) is 17.4. The number of fused-ring (bicyclic) bond motifs is 1. The van der Waals surface area contributed by atoms with Gasteiger partial charge < -0.3 is 14.5 Å². The zero-order valence-electron chi connectivity index (χ0n) is 17.4. The van der Waals surface area contributed by atoms with Gasteiger partial charge >= 0.3 is 0 Å². The van der Waals surface area contributed by atoms with Crippen LogP contribution in [0.15, 0.2) is 54.6 Å². The maximum atomic E-state index is 13.0. The van der Waals surface area contributed by atoms with Crippen LogP contribution in [0.3, 0.4) is 0 Å². The normalized spacial score (nSPS) is 21.7. The van der Waals surface area contributed by atoms with Crippen molar-refractivity contribution in [3.63, 3.8) is 0 Å². The van der Waals surface area contributed by atoms with Gasteiger partial charge in [-0.3, -0.25) is 9.69 Å². The van der Waals surface area contributed by atoms with E-state index in [1.165, 1.54) is 17.7 Å². The van der Waals surface area contributed by atoms with Crippen LogP contribution in [-0.4, -0.2) is 68.2 Å². The lowest BCUT2D eigenvalue weighted by Crippen LogP contribution is -2.49. The van der Waals surface area contributed by atoms with Crippen LogP contribution in [0, 0.1) is 5.92 Å². The van der Waals surface area contributed by atoms with Gasteiger partial charge in [0.1, 0.15) is 0 Å². The fraction of sp³-hybridized carbons (Fsp3) is 0.400. The molecule has 2 fully saturated rings. The molecule has 5 rings (SSSR count). The molecule has 5 nitrogen and oxygen atoms in total. The summed E-state index contributed by atoms with van der Waals surface area (Å²) in [6.45, 7) is 7.26. The molecule has 0 spiro atoms. The minimum absolute atomic E-state index is 0.143. The highest BCUT2D eigenvalue weighted by Crippen LogP contribution is 2.32. The van der Waals surface area contributed by atoms with E-state index in [9.17, 15) is 4.79 Å². The first-order valence-corrected chi connectivity index (χ1v) is 11.0. The highest BCUT2D eigenvalue weighted by Gasteiger charge is 2.25. The van der Waals surface area contributed by atoms with Crippen molar-refractivity contribution in [3.05, 3.63) is 65.7 Å². The molecule has 1 atom stereocenters. The molecule has 156 valence electrons. The molecule has 0 saturated carbocycles. The third kappa shape index (κ3) is 4.00. The molecule has 0 unspecified atom stereocenters. The monoisotopic (exact) mass is 403 g/mol. The molecular weight excluding hydrogens is 374 g/mol. The standard InChI is InChI=1S/C25H29N3O2/c29-25(27-15-13-26(14-16-27)18-20-11-17-30-19-20)22-7-9-23(10-8-22)28-12-3-5-21-4-1-2-6-24(21)28/h1-10,20H,11-19H2/t20-/m0/s1. The Morgan fingerprint density at radius 3 is 2.57 bits per heavy atom. The number of nitrogens with zero attached hydrogens (tertiary/aromatic N) is 3. The van der Waals surface area contributed by atoms with Crippen molar-refractivity contribution in [2.45, 2.75) is 6.42 Å². The van der Waals surface area contributed by atoms with Gasteiger partial charge in [0.15, 0.2) is 0 Å². The van der Waals surface area contributed by atoms with Crippen LogP contribution in [0.2, 0.25) is 0 Å². The molecule has 3 heterocycles. The van der Waals surface area contributed by atoms with Gasteiger partial charge in [-0.25, -0.2) is 0 Å². The summed E-state index contributed by atoms with van der Waals surface area (Å²) >= 11 is 0. The molecule has 5 heteroatoms. The van der Waals surface area contributed by atoms with Gasteiger partial charge in [0.25, 0.3) is 5.91 Å². The second kappa shape index (κ2) is 8.62. The summed E-state index contributed by atoms with van der Waals surface area (Å²) in [7, 11) is 0. The van der Waals surface area contributed by atoms with Gasteiger partial charge in [-0.1, -0.05) is 30.4 Å². The SMILES string of the molecule is O=C(c1ccc(N2CC=Cc3ccccc32)cc1)N1CCN(C[C@@H]2CCOC2)CC1. The summed E-state index contributed by atoms with van der Waals surface area (Å²) in [5, 5.41) is 0. The largest absolute Gasteiger partial charge is 0.381 e. The van der Waals surface area contributed by atoms with E-state index >= 15 is 0 Å². The van der Waals surface area contributed by atoms with E-state index in [0.29, 0.717) is 5.92 Å². The number of anilines is 2. The molecule has 0 bridgehead atoms. The summed E-state index contributed by atoms with van der Waals surface area (Å²) < 4.78 is 5.49. The van der Waals surface area contributed by atoms with Crippen LogP contribution in [0.25, 0.3) is 6.08 Å². The zero-order chi connectivity index (χ0) is 20.3. The Labute approximate surface area is 178 Å². The molecule has 2 aromatic carbocycles. The van der Waals surface area contributed by atoms with Crippen molar-refractivity contribution in [1.82, 2.24) is 9.80 Å². The number of ether oxygens (including phenoxy) is 1. The third-order valence-electron chi connectivity index (χ3n) is 6.44. The molecule has 0 aliphatic carbocycles. The number of benzene rings is 2. The van der Waals surface area contributed by atoms with Crippen LogP contribution < -0.4 is 4.90 Å². The molecule has 30 heavy (non-hydrogen) atoms. The van der Waals surface area contributed by atoms with Gasteiger partial charge in [0.2, 0.25) is 0 Å². The van der Waals surface area contributed by atoms with Gasteiger partial charge in [-0.15, -0.1) is 0 Å². The van der Waals surface area contributed by atoms with Crippen molar-refractivity contribution in [3.8, 4) is 0 Å². The van der Waals surface area contributed by atoms with Gasteiger partial charge in [-0.2, -0.15) is 0 Å². The van der Waals surface area contributed by atoms with E-state index in [2.05, 4.69) is 58.4 Å². The van der Waals surface area contributed by atoms with E-state index < -0.39 is 0 Å². The maximum Gasteiger partial charge on any atom is 0.253 e. The molecule has 2 saturated heterocycles. The lowest BCUT2D eigenvalue weighted by molar-refractivity contribution is 0.0611. The second-order valence-corrected chi connectivity index (χ2v) is 8.44. The summed E-state index contributed by atoms with van der Waals surface area (Å²) in [5.41, 5.74) is 4.33. The lowest BCUT2D eigenvalue weighted by Gasteiger charge is -2.36. The number of amides is 1. The van der Waals surface area contributed by atoms with Crippen LogP contribution >= 0.6 is 0 Å². The number of para-hydroxylation sites is 1. The van der Waals surface area contributed by atoms with Crippen molar-refractivity contribution in [2.24, 2.45) is 5.92 Å². The molecule has 3 aliphatic heterocycles. The average molecular weight is 404 g/mol. The summed E-state index contributed by atoms with van der Waals surface area (Å²) in [4.78, 5) is 19.8. The van der Waals surface area contributed by atoms with Crippen LogP contribution in [-0.2, 0) is 4.74 Å². The summed E-state index contributed by atoms with van der Waals surface area (Å²) in [6.07, 6.45) is 5.52. The molecule has 3 aliphatic rings. The van der Waals surface area contributed by atoms with Crippen LogP contribution in [0.5, 0.6) is 0 Å². The van der Waals surface area contributed by atoms with Crippen molar-refractivity contribution in [1.29, 1.82) is 0 Å². The van der Waals surface area contributed by atoms with Crippen molar-refractivity contribution >= 4 is 23.4 Å². The Hall–Kier alpha value is -2.63. The molecule has 2 aromatic rings. The van der Waals surface area contributed by atoms with Crippen molar-refractivity contribution in [2.75, 3.05) is 57.4 Å². The number of hydrogen-bond acceptors (Lipinski definition) is 4. The van der Waals surface area contributed by atoms with Gasteiger partial charge in [0.05, 0.1) is 6.61 Å². The Balaban J connectivity index is 1.21. The third-order valence-corrected chi connectivity index (χ3v) is 6.44. The predicted octanol–water partition coefficient (Wildman–Crippen LogP) is 3.65. The smallest absolute Gasteiger partial charge is 0.253 e. The lowest BCUT2D eigenvalue weighted by atomic mass is 10.1. The summed E-state index contributed by atoms with van der Waals surface area (Å²) in [5.74, 6) is 0.805. The van der Waals surface area contributed by atoms with E-state index in [-0.39, 0.29) is 5.91 Å². The van der Waals surface area contributed by atoms with Crippen LogP contribution in [0.4, 0.5) is 11.4 Å². The summed E-state index contributed by atoms with van der Waals surface area (Å²) in [6, 6.07) is 16.5. The molecule has 0 N–H and O–H groups in total. The number of piperazine rings is 1. The van der Waals surface area contributed by atoms with Crippen LogP contribution in [0.1, 0.15) is 22.3 Å². The first kappa shape index (κ1) is 19.3. The first-order valence-electron chi connectivity index (χ1n) is 11.0. The number of hydrogen-bond donors (Lipinski definition) is 0. The Kier molecular flexibility index (Phi) is 5.56. The fourth-order valence-electron chi connectivity index (χ4n) is 4.69. The number of carbonyl (C=O) groups is 1. The Morgan fingerprint density at radius 1 is 1.00 bits per heavy atom. The Bertz CT molecular complexity index is 910. The highest BCUT2D eigenvalue weighted by atomic mass is 16.5. The fourth-order valence-corrected chi connectivity index (χ4v) is 4.69. The predicted molar refractivity (Wildman–Crippen MR) is 120 cm³/mol. The number of carbonyl (C=O) groups excluding carboxylic acids is 1. The van der Waals surface area contributed by atoms with Crippen molar-refractivity contribution < 1.29 is 9.53 Å². The molecule has 1 amide bonds. The maximum absolute atomic E-state index is 13.0. The topological polar surface area (TPSA) is 36.0 Å². The highest BCUT2D eigenvalue weighted by molar-refractivity contribution is 5.95.